The largest absolute Gasteiger partial charge is 0.438 e. The summed E-state index contributed by atoms with van der Waals surface area (Å²) in [5.41, 5.74) is 0. The minimum atomic E-state index is -0.859. The summed E-state index contributed by atoms with van der Waals surface area (Å²) in [7, 11) is 1.17. The minimum Gasteiger partial charge on any atom is -0.409 e. The van der Waals surface area contributed by atoms with E-state index in [2.05, 4.69) is 0 Å². The third-order valence-corrected chi connectivity index (χ3v) is 1.50. The van der Waals surface area contributed by atoms with E-state index in [9.17, 15) is 4.79 Å². The monoisotopic (exact) mass is 201 g/mol. The van der Waals surface area contributed by atoms with Crippen molar-refractivity contribution in [2.24, 2.45) is 0 Å². The average molecular weight is 202 g/mol. The van der Waals surface area contributed by atoms with E-state index in [1.165, 1.54) is 13.1 Å². The highest BCUT2D eigenvalue weighted by molar-refractivity contribution is 6.30. The Morgan fingerprint density at radius 2 is 2.31 bits per heavy atom. The maximum absolute atomic E-state index is 10.8. The van der Waals surface area contributed by atoms with Gasteiger partial charge in [0.05, 0.1) is 0 Å². The van der Waals surface area contributed by atoms with Crippen LogP contribution in [0.2, 0.25) is 5.02 Å². The van der Waals surface area contributed by atoms with Gasteiger partial charge in [-0.1, -0.05) is 17.7 Å². The molecule has 0 atom stereocenters. The van der Waals surface area contributed by atoms with Crippen LogP contribution in [0.5, 0.6) is 5.75 Å². The molecule has 1 amide bonds. The van der Waals surface area contributed by atoms with Crippen molar-refractivity contribution in [3.05, 3.63) is 29.3 Å². The average Bonchev–Trinajstić information content (AvgIpc) is 2.04. The Hall–Kier alpha value is -1.26. The molecule has 0 aliphatic rings. The number of rotatable bonds is 1. The Morgan fingerprint density at radius 3 is 2.85 bits per heavy atom. The van der Waals surface area contributed by atoms with Gasteiger partial charge in [0.2, 0.25) is 0 Å². The van der Waals surface area contributed by atoms with Gasteiger partial charge in [0.25, 0.3) is 0 Å². The second kappa shape index (κ2) is 4.11. The molecular weight excluding hydrogens is 194 g/mol. The van der Waals surface area contributed by atoms with Gasteiger partial charge in [-0.25, -0.2) is 4.79 Å². The number of amides is 1. The van der Waals surface area contributed by atoms with Crippen molar-refractivity contribution >= 4 is 17.7 Å². The van der Waals surface area contributed by atoms with Crippen LogP contribution in [-0.2, 0) is 0 Å². The highest BCUT2D eigenvalue weighted by Crippen LogP contribution is 2.17. The number of hydrogen-bond acceptors (Lipinski definition) is 3. The summed E-state index contributed by atoms with van der Waals surface area (Å²) in [6, 6.07) is 6.33. The molecule has 0 spiro atoms. The third kappa shape index (κ3) is 2.93. The van der Waals surface area contributed by atoms with Crippen molar-refractivity contribution in [2.45, 2.75) is 0 Å². The van der Waals surface area contributed by atoms with E-state index in [4.69, 9.17) is 21.5 Å². The van der Waals surface area contributed by atoms with Gasteiger partial charge >= 0.3 is 6.09 Å². The first kappa shape index (κ1) is 9.83. The number of nitrogens with zero attached hydrogens (tertiary/aromatic N) is 1. The predicted molar refractivity (Wildman–Crippen MR) is 47.0 cm³/mol. The highest BCUT2D eigenvalue weighted by Gasteiger charge is 2.07. The topological polar surface area (TPSA) is 49.8 Å². The second-order valence-corrected chi connectivity index (χ2v) is 2.79. The van der Waals surface area contributed by atoms with Crippen molar-refractivity contribution in [3.63, 3.8) is 0 Å². The summed E-state index contributed by atoms with van der Waals surface area (Å²) in [5.74, 6) is 0.290. The van der Waals surface area contributed by atoms with Crippen LogP contribution in [0.1, 0.15) is 0 Å². The molecular formula is C8H8ClNO3. The van der Waals surface area contributed by atoms with Crippen molar-refractivity contribution in [1.82, 2.24) is 5.06 Å². The zero-order chi connectivity index (χ0) is 9.84. The summed E-state index contributed by atoms with van der Waals surface area (Å²) < 4.78 is 4.71. The molecule has 0 saturated carbocycles. The summed E-state index contributed by atoms with van der Waals surface area (Å²) in [6.45, 7) is 0. The van der Waals surface area contributed by atoms with Crippen molar-refractivity contribution < 1.29 is 14.7 Å². The lowest BCUT2D eigenvalue weighted by molar-refractivity contribution is -0.0371. The van der Waals surface area contributed by atoms with E-state index in [0.29, 0.717) is 15.8 Å². The van der Waals surface area contributed by atoms with Crippen molar-refractivity contribution in [3.8, 4) is 5.75 Å². The molecule has 1 rings (SSSR count). The lowest BCUT2D eigenvalue weighted by atomic mass is 10.3. The van der Waals surface area contributed by atoms with Gasteiger partial charge in [0, 0.05) is 12.1 Å². The Balaban J connectivity index is 2.69. The molecule has 0 fully saturated rings. The van der Waals surface area contributed by atoms with Crippen molar-refractivity contribution in [2.75, 3.05) is 7.05 Å². The fourth-order valence-electron chi connectivity index (χ4n) is 0.697. The van der Waals surface area contributed by atoms with E-state index >= 15 is 0 Å². The molecule has 0 aromatic heterocycles. The Kier molecular flexibility index (Phi) is 3.11. The van der Waals surface area contributed by atoms with Crippen LogP contribution in [0.3, 0.4) is 0 Å². The van der Waals surface area contributed by atoms with Crippen LogP contribution in [0.4, 0.5) is 4.79 Å². The molecule has 0 aliphatic heterocycles. The molecule has 5 heteroatoms. The second-order valence-electron chi connectivity index (χ2n) is 2.35. The lowest BCUT2D eigenvalue weighted by Crippen LogP contribution is -2.25. The molecule has 1 aromatic carbocycles. The predicted octanol–water partition coefficient (Wildman–Crippen LogP) is 2.16. The van der Waals surface area contributed by atoms with E-state index in [1.807, 2.05) is 0 Å². The minimum absolute atomic E-state index is 0.290. The molecule has 0 bridgehead atoms. The number of hydroxylamine groups is 2. The Morgan fingerprint density at radius 1 is 1.62 bits per heavy atom. The summed E-state index contributed by atoms with van der Waals surface area (Å²) in [4.78, 5) is 10.8. The van der Waals surface area contributed by atoms with Crippen LogP contribution in [0, 0.1) is 0 Å². The first-order chi connectivity index (χ1) is 6.09. The maximum atomic E-state index is 10.8. The molecule has 0 radical (unpaired) electrons. The maximum Gasteiger partial charge on any atom is 0.438 e. The van der Waals surface area contributed by atoms with Gasteiger partial charge in [-0.05, 0) is 18.2 Å². The van der Waals surface area contributed by atoms with Crippen LogP contribution < -0.4 is 4.74 Å². The molecule has 1 aromatic rings. The molecule has 1 N–H and O–H groups in total. The van der Waals surface area contributed by atoms with E-state index in [-0.39, 0.29) is 0 Å². The van der Waals surface area contributed by atoms with E-state index < -0.39 is 6.09 Å². The zero-order valence-corrected chi connectivity index (χ0v) is 7.65. The van der Waals surface area contributed by atoms with Gasteiger partial charge in [0.1, 0.15) is 5.75 Å². The molecule has 70 valence electrons. The molecule has 0 aliphatic carbocycles. The first-order valence-electron chi connectivity index (χ1n) is 3.49. The summed E-state index contributed by atoms with van der Waals surface area (Å²) >= 11 is 5.64. The fourth-order valence-corrected chi connectivity index (χ4v) is 0.878. The number of benzene rings is 1. The van der Waals surface area contributed by atoms with Crippen molar-refractivity contribution in [1.29, 1.82) is 0 Å². The third-order valence-electron chi connectivity index (χ3n) is 1.27. The Bertz CT molecular complexity index is 314. The summed E-state index contributed by atoms with van der Waals surface area (Å²) in [6.07, 6.45) is -0.859. The lowest BCUT2D eigenvalue weighted by Gasteiger charge is -2.08. The first-order valence-corrected chi connectivity index (χ1v) is 3.87. The van der Waals surface area contributed by atoms with Crippen LogP contribution in [0.25, 0.3) is 0 Å². The number of carbonyl (C=O) groups is 1. The van der Waals surface area contributed by atoms with Crippen LogP contribution in [0.15, 0.2) is 24.3 Å². The Labute approximate surface area is 80.2 Å². The van der Waals surface area contributed by atoms with Crippen LogP contribution >= 0.6 is 11.6 Å². The number of ether oxygens (including phenoxy) is 1. The standard InChI is InChI=1S/C8H8ClNO3/c1-10(12)8(11)13-7-4-2-3-6(9)5-7/h2-5,12H,1H3. The molecule has 0 unspecified atom stereocenters. The zero-order valence-electron chi connectivity index (χ0n) is 6.90. The fraction of sp³-hybridized carbons (Fsp3) is 0.125. The number of hydrogen-bond donors (Lipinski definition) is 1. The molecule has 4 nitrogen and oxygen atoms in total. The smallest absolute Gasteiger partial charge is 0.409 e. The van der Waals surface area contributed by atoms with E-state index in [0.717, 1.165) is 0 Å². The highest BCUT2D eigenvalue weighted by atomic mass is 35.5. The van der Waals surface area contributed by atoms with Gasteiger partial charge in [-0.3, -0.25) is 5.21 Å². The quantitative estimate of drug-likeness (QED) is 0.560. The number of carbonyl (C=O) groups excluding carboxylic acids is 1. The summed E-state index contributed by atoms with van der Waals surface area (Å²) in [5, 5.41) is 9.49. The number of halogens is 1. The van der Waals surface area contributed by atoms with Gasteiger partial charge in [0.15, 0.2) is 0 Å². The molecule has 0 heterocycles. The van der Waals surface area contributed by atoms with E-state index in [1.54, 1.807) is 18.2 Å². The van der Waals surface area contributed by atoms with Gasteiger partial charge < -0.3 is 4.74 Å². The SMILES string of the molecule is CN(O)C(=O)Oc1cccc(Cl)c1. The molecule has 13 heavy (non-hydrogen) atoms. The normalized spacial score (nSPS) is 9.46. The van der Waals surface area contributed by atoms with Gasteiger partial charge in [-0.15, -0.1) is 0 Å². The van der Waals surface area contributed by atoms with Crippen LogP contribution in [-0.4, -0.2) is 23.4 Å². The molecule has 0 saturated heterocycles. The van der Waals surface area contributed by atoms with Gasteiger partial charge in [-0.2, -0.15) is 5.06 Å².